The van der Waals surface area contributed by atoms with Crippen molar-refractivity contribution in [1.29, 1.82) is 5.41 Å². The summed E-state index contributed by atoms with van der Waals surface area (Å²) in [6.07, 6.45) is 0. The average molecular weight is 585 g/mol. The number of non-ortho nitro benzene ring substituents is 1. The number of hydrogen-bond donors (Lipinski definition) is 5. The fourth-order valence-electron chi connectivity index (χ4n) is 4.84. The van der Waals surface area contributed by atoms with Crippen molar-refractivity contribution in [2.24, 2.45) is 5.73 Å². The van der Waals surface area contributed by atoms with E-state index in [4.69, 9.17) is 11.1 Å². The van der Waals surface area contributed by atoms with Gasteiger partial charge in [0, 0.05) is 46.9 Å². The van der Waals surface area contributed by atoms with Crippen LogP contribution in [0.4, 0.5) is 21.9 Å². The Morgan fingerprint density at radius 3 is 2.26 bits per heavy atom. The third-order valence-electron chi connectivity index (χ3n) is 7.30. The van der Waals surface area contributed by atoms with Crippen molar-refractivity contribution >= 4 is 34.8 Å². The van der Waals surface area contributed by atoms with Crippen molar-refractivity contribution in [3.8, 4) is 0 Å². The van der Waals surface area contributed by atoms with Gasteiger partial charge < -0.3 is 31.5 Å². The minimum atomic E-state index is -0.840. The molecule has 1 aliphatic heterocycles. The third kappa shape index (κ3) is 7.16. The summed E-state index contributed by atoms with van der Waals surface area (Å²) in [6.45, 7) is 4.44. The number of anilines is 2. The minimum Gasteiger partial charge on any atom is -0.400 e. The van der Waals surface area contributed by atoms with Crippen molar-refractivity contribution in [1.82, 2.24) is 15.1 Å². The van der Waals surface area contributed by atoms with E-state index in [-0.39, 0.29) is 35.7 Å². The van der Waals surface area contributed by atoms with Gasteiger partial charge in [-0.3, -0.25) is 20.3 Å². The number of nitrogens with two attached hydrogens (primary N) is 1. The number of nitro benzene ring substituents is 1. The van der Waals surface area contributed by atoms with Crippen molar-refractivity contribution in [2.45, 2.75) is 25.4 Å². The average Bonchev–Trinajstić information content (AvgIpc) is 3.21. The largest absolute Gasteiger partial charge is 0.400 e. The number of likely N-dealkylation sites (N-methyl/N-ethyl adjacent to an activating group) is 1. The highest BCUT2D eigenvalue weighted by Gasteiger charge is 2.43. The van der Waals surface area contributed by atoms with E-state index in [1.54, 1.807) is 29.2 Å². The summed E-state index contributed by atoms with van der Waals surface area (Å²) in [5.74, 6) is -0.399. The first-order chi connectivity index (χ1) is 20.4. The van der Waals surface area contributed by atoms with Gasteiger partial charge in [0.1, 0.15) is 5.84 Å². The smallest absolute Gasteiger partial charge is 0.318 e. The Morgan fingerprint density at radius 1 is 1.02 bits per heavy atom. The monoisotopic (exact) mass is 584 g/mol. The Kier molecular flexibility index (Phi) is 9.10. The van der Waals surface area contributed by atoms with Gasteiger partial charge in [0.15, 0.2) is 0 Å². The summed E-state index contributed by atoms with van der Waals surface area (Å²) in [5, 5.41) is 28.6. The zero-order chi connectivity index (χ0) is 31.3. The van der Waals surface area contributed by atoms with Crippen LogP contribution in [0.3, 0.4) is 0 Å². The van der Waals surface area contributed by atoms with Crippen LogP contribution in [0, 0.1) is 15.5 Å². The van der Waals surface area contributed by atoms with Crippen molar-refractivity contribution in [3.63, 3.8) is 0 Å². The summed E-state index contributed by atoms with van der Waals surface area (Å²) in [4.78, 5) is 40.2. The van der Waals surface area contributed by atoms with E-state index < -0.39 is 16.4 Å². The van der Waals surface area contributed by atoms with Gasteiger partial charge in [0.05, 0.1) is 23.0 Å². The highest BCUT2D eigenvalue weighted by Crippen LogP contribution is 2.32. The lowest BCUT2D eigenvalue weighted by Gasteiger charge is -2.35. The lowest BCUT2D eigenvalue weighted by molar-refractivity contribution is -0.384. The molecular formula is C31H36N8O4. The Labute approximate surface area is 250 Å². The Hall–Kier alpha value is -5.23. The second-order valence-electron chi connectivity index (χ2n) is 11.1. The van der Waals surface area contributed by atoms with Gasteiger partial charge in [-0.05, 0) is 63.8 Å². The quantitative estimate of drug-likeness (QED) is 0.106. The highest BCUT2D eigenvalue weighted by atomic mass is 16.6. The Morgan fingerprint density at radius 2 is 1.65 bits per heavy atom. The van der Waals surface area contributed by atoms with Crippen LogP contribution in [0.5, 0.6) is 0 Å². The van der Waals surface area contributed by atoms with E-state index in [1.807, 2.05) is 63.2 Å². The predicted molar refractivity (Wildman–Crippen MR) is 167 cm³/mol. The summed E-state index contributed by atoms with van der Waals surface area (Å²) in [6, 6.07) is 21.3. The number of hydrogen-bond acceptors (Lipinski definition) is 7. The number of nitro groups is 1. The molecule has 12 nitrogen and oxygen atoms in total. The second-order valence-corrected chi connectivity index (χ2v) is 11.1. The Balaban J connectivity index is 1.44. The molecule has 224 valence electrons. The van der Waals surface area contributed by atoms with Crippen LogP contribution in [-0.2, 0) is 0 Å². The number of rotatable bonds is 9. The van der Waals surface area contributed by atoms with E-state index in [2.05, 4.69) is 16.0 Å². The number of urea groups is 1. The first kappa shape index (κ1) is 30.7. The molecule has 0 saturated heterocycles. The van der Waals surface area contributed by atoms with Crippen molar-refractivity contribution in [3.05, 3.63) is 111 Å². The van der Waals surface area contributed by atoms with Crippen LogP contribution in [-0.4, -0.2) is 65.2 Å². The lowest BCUT2D eigenvalue weighted by Crippen LogP contribution is -2.52. The molecule has 0 bridgehead atoms. The van der Waals surface area contributed by atoms with Gasteiger partial charge >= 0.3 is 6.03 Å². The van der Waals surface area contributed by atoms with E-state index in [1.165, 1.54) is 24.3 Å². The maximum atomic E-state index is 13.6. The summed E-state index contributed by atoms with van der Waals surface area (Å²) < 4.78 is 0. The molecule has 3 aromatic carbocycles. The minimum absolute atomic E-state index is 0.0348. The molecule has 1 aliphatic rings. The zero-order valence-electron chi connectivity index (χ0n) is 24.5. The maximum Gasteiger partial charge on any atom is 0.318 e. The van der Waals surface area contributed by atoms with Crippen molar-refractivity contribution in [2.75, 3.05) is 37.8 Å². The molecule has 3 aromatic rings. The van der Waals surface area contributed by atoms with Gasteiger partial charge in [-0.25, -0.2) is 4.79 Å². The van der Waals surface area contributed by atoms with Crippen LogP contribution < -0.4 is 21.7 Å². The third-order valence-corrected chi connectivity index (χ3v) is 7.30. The molecule has 0 radical (unpaired) electrons. The molecule has 3 amide bonds. The molecule has 1 atom stereocenters. The molecule has 0 aromatic heterocycles. The van der Waals surface area contributed by atoms with Crippen LogP contribution in [0.15, 0.2) is 90.1 Å². The number of nitrogens with zero attached hydrogens (tertiary/aromatic N) is 3. The number of nitrogens with one attached hydrogen (secondary N) is 4. The number of carbonyl (C=O) groups is 2. The second kappa shape index (κ2) is 12.7. The van der Waals surface area contributed by atoms with Crippen LogP contribution >= 0.6 is 0 Å². The van der Waals surface area contributed by atoms with Gasteiger partial charge in [-0.15, -0.1) is 0 Å². The topological polar surface area (TPSA) is 170 Å². The van der Waals surface area contributed by atoms with Gasteiger partial charge in [-0.1, -0.05) is 36.4 Å². The van der Waals surface area contributed by atoms with E-state index in [0.29, 0.717) is 29.2 Å². The van der Waals surface area contributed by atoms with Crippen molar-refractivity contribution < 1.29 is 14.5 Å². The first-order valence-electron chi connectivity index (χ1n) is 13.7. The molecule has 4 rings (SSSR count). The molecule has 12 heteroatoms. The molecule has 6 N–H and O–H groups in total. The SMILES string of the molecule is CN(C)C[C@@H](NC(=O)N1CC(C(=N)Nc2cccc(NC(=O)c3ccc([N+](=O)[O-])cc3)c2)=C(N)C1(C)C)c1ccccc1. The van der Waals surface area contributed by atoms with E-state index >= 15 is 0 Å². The number of carbonyl (C=O) groups excluding carboxylic acids is 2. The van der Waals surface area contributed by atoms with Gasteiger partial charge in [0.25, 0.3) is 11.6 Å². The molecular weight excluding hydrogens is 548 g/mol. The van der Waals surface area contributed by atoms with Gasteiger partial charge in [-0.2, -0.15) is 0 Å². The van der Waals surface area contributed by atoms with Crippen LogP contribution in [0.1, 0.15) is 35.8 Å². The normalized spacial score (nSPS) is 14.8. The summed E-state index contributed by atoms with van der Waals surface area (Å²) >= 11 is 0. The predicted octanol–water partition coefficient (Wildman–Crippen LogP) is 4.56. The molecule has 0 aliphatic carbocycles. The molecule has 0 saturated carbocycles. The van der Waals surface area contributed by atoms with E-state index in [0.717, 1.165) is 5.56 Å². The van der Waals surface area contributed by atoms with Crippen LogP contribution in [0.25, 0.3) is 0 Å². The molecule has 43 heavy (non-hydrogen) atoms. The van der Waals surface area contributed by atoms with Crippen LogP contribution in [0.2, 0.25) is 0 Å². The molecule has 0 fully saturated rings. The number of benzene rings is 3. The Bertz CT molecular complexity index is 1550. The summed E-state index contributed by atoms with van der Waals surface area (Å²) in [5.41, 5.74) is 8.72. The standard InChI is InChI=1S/C31H36N8O4/c1-31(2)27(32)25(18-38(31)30(41)36-26(19-37(3)4)20-9-6-5-7-10-20)28(33)34-22-11-8-12-23(17-22)35-29(40)21-13-15-24(16-14-21)39(42)43/h5-17,26H,18-19,32H2,1-4H3,(H2,33,34)(H,35,40)(H,36,41)/t26-/m1/s1. The molecule has 1 heterocycles. The van der Waals surface area contributed by atoms with E-state index in [9.17, 15) is 19.7 Å². The zero-order valence-corrected chi connectivity index (χ0v) is 24.5. The number of amides is 3. The molecule has 0 spiro atoms. The first-order valence-corrected chi connectivity index (χ1v) is 13.7. The summed E-state index contributed by atoms with van der Waals surface area (Å²) in [7, 11) is 3.89. The fraction of sp³-hybridized carbons (Fsp3) is 0.258. The number of amidine groups is 1. The maximum absolute atomic E-state index is 13.6. The highest BCUT2D eigenvalue weighted by molar-refractivity contribution is 6.08. The molecule has 0 unspecified atom stereocenters. The van der Waals surface area contributed by atoms with Gasteiger partial charge in [0.2, 0.25) is 0 Å². The lowest BCUT2D eigenvalue weighted by atomic mass is 10.00. The fourth-order valence-corrected chi connectivity index (χ4v) is 4.84.